The van der Waals surface area contributed by atoms with Gasteiger partial charge in [-0.2, -0.15) is 0 Å². The summed E-state index contributed by atoms with van der Waals surface area (Å²) < 4.78 is 18.6. The molecule has 0 aliphatic heterocycles. The van der Waals surface area contributed by atoms with Crippen LogP contribution in [0, 0.1) is 15.9 Å². The number of rotatable bonds is 3. The van der Waals surface area contributed by atoms with Crippen molar-refractivity contribution in [1.82, 2.24) is 4.98 Å². The predicted molar refractivity (Wildman–Crippen MR) is 70.1 cm³/mol. The van der Waals surface area contributed by atoms with Crippen LogP contribution in [0.2, 0.25) is 5.02 Å². The molecule has 5 nitrogen and oxygen atoms in total. The van der Waals surface area contributed by atoms with Gasteiger partial charge in [-0.05, 0) is 34.1 Å². The van der Waals surface area contributed by atoms with E-state index in [9.17, 15) is 14.5 Å². The van der Waals surface area contributed by atoms with E-state index in [1.807, 2.05) is 0 Å². The molecule has 8 heteroatoms. The van der Waals surface area contributed by atoms with E-state index >= 15 is 0 Å². The largest absolute Gasteiger partial charge is 0.437 e. The molecule has 0 unspecified atom stereocenters. The molecule has 98 valence electrons. The monoisotopic (exact) mass is 346 g/mol. The lowest BCUT2D eigenvalue weighted by molar-refractivity contribution is -0.385. The Balaban J connectivity index is 2.28. The van der Waals surface area contributed by atoms with E-state index in [0.29, 0.717) is 5.75 Å². The Morgan fingerprint density at radius 1 is 1.42 bits per heavy atom. The first-order chi connectivity index (χ1) is 8.97. The molecule has 0 aliphatic rings. The van der Waals surface area contributed by atoms with E-state index < -0.39 is 10.7 Å². The first-order valence-electron chi connectivity index (χ1n) is 4.90. The van der Waals surface area contributed by atoms with Crippen molar-refractivity contribution < 1.29 is 14.1 Å². The molecule has 2 aromatic rings. The molecule has 0 spiro atoms. The standard InChI is InChI=1S/C11H5BrClFN2O3/c12-8-4-7(1-2-10(8)14)19-11-9(13)3-6(5-15-11)16(17)18/h1-5H. The van der Waals surface area contributed by atoms with Gasteiger partial charge in [0.05, 0.1) is 9.40 Å². The third kappa shape index (κ3) is 3.18. The quantitative estimate of drug-likeness (QED) is 0.612. The van der Waals surface area contributed by atoms with E-state index in [2.05, 4.69) is 20.9 Å². The Morgan fingerprint density at radius 3 is 2.74 bits per heavy atom. The summed E-state index contributed by atoms with van der Waals surface area (Å²) in [5.41, 5.74) is -0.238. The second kappa shape index (κ2) is 5.50. The van der Waals surface area contributed by atoms with Gasteiger partial charge in [0.15, 0.2) is 0 Å². The van der Waals surface area contributed by atoms with Crippen LogP contribution in [0.5, 0.6) is 11.6 Å². The Morgan fingerprint density at radius 2 is 2.16 bits per heavy atom. The fraction of sp³-hybridized carbons (Fsp3) is 0. The van der Waals surface area contributed by atoms with Crippen molar-refractivity contribution in [2.45, 2.75) is 0 Å². The van der Waals surface area contributed by atoms with Crippen LogP contribution < -0.4 is 4.74 Å². The number of halogens is 3. The van der Waals surface area contributed by atoms with Crippen LogP contribution in [0.4, 0.5) is 10.1 Å². The molecule has 0 atom stereocenters. The highest BCUT2D eigenvalue weighted by Crippen LogP contribution is 2.31. The van der Waals surface area contributed by atoms with E-state index in [1.165, 1.54) is 18.2 Å². The summed E-state index contributed by atoms with van der Waals surface area (Å²) in [7, 11) is 0. The van der Waals surface area contributed by atoms with Crippen LogP contribution in [-0.4, -0.2) is 9.91 Å². The number of nitrogens with zero attached hydrogens (tertiary/aromatic N) is 2. The smallest absolute Gasteiger partial charge is 0.289 e. The van der Waals surface area contributed by atoms with Gasteiger partial charge >= 0.3 is 0 Å². The van der Waals surface area contributed by atoms with E-state index in [0.717, 1.165) is 12.3 Å². The van der Waals surface area contributed by atoms with Crippen molar-refractivity contribution in [2.24, 2.45) is 0 Å². The van der Waals surface area contributed by atoms with Gasteiger partial charge < -0.3 is 4.74 Å². The highest BCUT2D eigenvalue weighted by molar-refractivity contribution is 9.10. The number of pyridine rings is 1. The normalized spacial score (nSPS) is 10.3. The van der Waals surface area contributed by atoms with Crippen molar-refractivity contribution >= 4 is 33.2 Å². The van der Waals surface area contributed by atoms with Gasteiger partial charge in [-0.25, -0.2) is 9.37 Å². The van der Waals surface area contributed by atoms with Crippen molar-refractivity contribution in [2.75, 3.05) is 0 Å². The van der Waals surface area contributed by atoms with Crippen LogP contribution in [0.1, 0.15) is 0 Å². The van der Waals surface area contributed by atoms with Crippen LogP contribution in [0.15, 0.2) is 34.9 Å². The summed E-state index contributed by atoms with van der Waals surface area (Å²) >= 11 is 8.83. The Labute approximate surface area is 120 Å². The number of ether oxygens (including phenoxy) is 1. The molecular formula is C11H5BrClFN2O3. The minimum absolute atomic E-state index is 0.00496. The molecule has 19 heavy (non-hydrogen) atoms. The van der Waals surface area contributed by atoms with Crippen molar-refractivity contribution in [3.8, 4) is 11.6 Å². The van der Waals surface area contributed by atoms with E-state index in [1.54, 1.807) is 0 Å². The van der Waals surface area contributed by atoms with Gasteiger partial charge in [0.1, 0.15) is 22.8 Å². The first kappa shape index (κ1) is 13.7. The third-order valence-electron chi connectivity index (χ3n) is 2.11. The van der Waals surface area contributed by atoms with Gasteiger partial charge in [0.25, 0.3) is 5.69 Å². The topological polar surface area (TPSA) is 65.3 Å². The molecular weight excluding hydrogens is 342 g/mol. The molecule has 0 N–H and O–H groups in total. The Kier molecular flexibility index (Phi) is 3.96. The molecule has 0 saturated carbocycles. The zero-order valence-corrected chi connectivity index (χ0v) is 11.5. The number of nitro groups is 1. The highest BCUT2D eigenvalue weighted by Gasteiger charge is 2.13. The minimum atomic E-state index is -0.614. The summed E-state index contributed by atoms with van der Waals surface area (Å²) in [5.74, 6) is -0.127. The molecule has 1 heterocycles. The Bertz CT molecular complexity index is 654. The second-order valence-electron chi connectivity index (χ2n) is 3.42. The minimum Gasteiger partial charge on any atom is -0.437 e. The molecule has 0 bridgehead atoms. The van der Waals surface area contributed by atoms with Gasteiger partial charge in [0.2, 0.25) is 5.88 Å². The van der Waals surface area contributed by atoms with Crippen LogP contribution in [0.3, 0.4) is 0 Å². The lowest BCUT2D eigenvalue weighted by Gasteiger charge is -2.06. The maximum atomic E-state index is 13.0. The van der Waals surface area contributed by atoms with Crippen LogP contribution in [-0.2, 0) is 0 Å². The van der Waals surface area contributed by atoms with Crippen molar-refractivity contribution in [3.63, 3.8) is 0 Å². The summed E-state index contributed by atoms with van der Waals surface area (Å²) in [5, 5.41) is 10.5. The lowest BCUT2D eigenvalue weighted by Crippen LogP contribution is -1.93. The average molecular weight is 348 g/mol. The third-order valence-corrected chi connectivity index (χ3v) is 2.99. The highest BCUT2D eigenvalue weighted by atomic mass is 79.9. The molecule has 0 aliphatic carbocycles. The zero-order valence-electron chi connectivity index (χ0n) is 9.14. The number of benzene rings is 1. The molecule has 1 aromatic heterocycles. The summed E-state index contributed by atoms with van der Waals surface area (Å²) in [6, 6.07) is 5.12. The zero-order chi connectivity index (χ0) is 14.0. The Hall–Kier alpha value is -1.73. The van der Waals surface area contributed by atoms with Crippen LogP contribution in [0.25, 0.3) is 0 Å². The number of aromatic nitrogens is 1. The molecule has 0 amide bonds. The lowest BCUT2D eigenvalue weighted by atomic mass is 10.3. The SMILES string of the molecule is O=[N+]([O-])c1cnc(Oc2ccc(F)c(Br)c2)c(Cl)c1. The van der Waals surface area contributed by atoms with Gasteiger partial charge in [0, 0.05) is 6.07 Å². The average Bonchev–Trinajstić information content (AvgIpc) is 2.36. The fourth-order valence-corrected chi connectivity index (χ4v) is 1.80. The van der Waals surface area contributed by atoms with Crippen LogP contribution >= 0.6 is 27.5 Å². The van der Waals surface area contributed by atoms with Gasteiger partial charge in [-0.1, -0.05) is 11.6 Å². The molecule has 1 aromatic carbocycles. The first-order valence-corrected chi connectivity index (χ1v) is 6.07. The maximum Gasteiger partial charge on any atom is 0.289 e. The maximum absolute atomic E-state index is 13.0. The molecule has 0 saturated heterocycles. The fourth-order valence-electron chi connectivity index (χ4n) is 1.24. The summed E-state index contributed by atoms with van der Waals surface area (Å²) in [4.78, 5) is 13.7. The van der Waals surface area contributed by atoms with E-state index in [-0.39, 0.29) is 21.1 Å². The molecule has 2 rings (SSSR count). The summed E-state index contributed by atoms with van der Waals surface area (Å²) in [6.07, 6.45) is 1.03. The summed E-state index contributed by atoms with van der Waals surface area (Å²) in [6.45, 7) is 0. The molecule has 0 fully saturated rings. The van der Waals surface area contributed by atoms with Crippen molar-refractivity contribution in [1.29, 1.82) is 0 Å². The van der Waals surface area contributed by atoms with Gasteiger partial charge in [-0.15, -0.1) is 0 Å². The number of hydrogen-bond donors (Lipinski definition) is 0. The van der Waals surface area contributed by atoms with E-state index in [4.69, 9.17) is 16.3 Å². The second-order valence-corrected chi connectivity index (χ2v) is 4.68. The molecule has 0 radical (unpaired) electrons. The van der Waals surface area contributed by atoms with Gasteiger partial charge in [-0.3, -0.25) is 10.1 Å². The predicted octanol–water partition coefficient (Wildman–Crippen LogP) is 4.34. The van der Waals surface area contributed by atoms with Crippen molar-refractivity contribution in [3.05, 3.63) is 55.9 Å². The number of hydrogen-bond acceptors (Lipinski definition) is 4.